The number of ether oxygens (including phenoxy) is 2. The zero-order valence-electron chi connectivity index (χ0n) is 14.8. The molecule has 134 valence electrons. The number of rotatable bonds is 10. The van der Waals surface area contributed by atoms with Crippen LogP contribution in [0.1, 0.15) is 38.7 Å². The van der Waals surface area contributed by atoms with Gasteiger partial charge in [0.15, 0.2) is 11.5 Å². The van der Waals surface area contributed by atoms with Gasteiger partial charge in [-0.05, 0) is 55.3 Å². The lowest BCUT2D eigenvalue weighted by Gasteiger charge is -2.12. The standard InChI is InChI=1S/C20H25ClN2O2/c1-3-5-6-12-25-19-11-10-16(13-20(19)24-4-2)15-22-23-18-9-7-8-17(21)14-18/h7-11,13-15,23H,3-6,12H2,1-2H3. The van der Waals surface area contributed by atoms with Crippen molar-refractivity contribution in [2.75, 3.05) is 18.6 Å². The molecule has 0 radical (unpaired) electrons. The van der Waals surface area contributed by atoms with E-state index >= 15 is 0 Å². The van der Waals surface area contributed by atoms with Gasteiger partial charge in [0.1, 0.15) is 0 Å². The van der Waals surface area contributed by atoms with Crippen molar-refractivity contribution in [2.24, 2.45) is 5.10 Å². The van der Waals surface area contributed by atoms with E-state index in [9.17, 15) is 0 Å². The van der Waals surface area contributed by atoms with Gasteiger partial charge in [-0.15, -0.1) is 0 Å². The fourth-order valence-corrected chi connectivity index (χ4v) is 2.46. The minimum absolute atomic E-state index is 0.590. The predicted molar refractivity (Wildman–Crippen MR) is 105 cm³/mol. The molecule has 0 saturated heterocycles. The summed E-state index contributed by atoms with van der Waals surface area (Å²) < 4.78 is 11.5. The first-order valence-corrected chi connectivity index (χ1v) is 9.05. The summed E-state index contributed by atoms with van der Waals surface area (Å²) in [6.45, 7) is 5.43. The monoisotopic (exact) mass is 360 g/mol. The molecule has 5 heteroatoms. The van der Waals surface area contributed by atoms with E-state index in [1.165, 1.54) is 12.8 Å². The molecule has 0 atom stereocenters. The highest BCUT2D eigenvalue weighted by Crippen LogP contribution is 2.28. The lowest BCUT2D eigenvalue weighted by Crippen LogP contribution is -2.01. The third kappa shape index (κ3) is 6.67. The molecule has 0 fully saturated rings. The number of hydrogen-bond acceptors (Lipinski definition) is 4. The maximum absolute atomic E-state index is 5.95. The number of benzene rings is 2. The molecule has 0 aromatic heterocycles. The average molecular weight is 361 g/mol. The van der Waals surface area contributed by atoms with Crippen molar-refractivity contribution in [2.45, 2.75) is 33.1 Å². The molecule has 0 spiro atoms. The Balaban J connectivity index is 2.00. The van der Waals surface area contributed by atoms with Crippen LogP contribution in [0.15, 0.2) is 47.6 Å². The van der Waals surface area contributed by atoms with Gasteiger partial charge < -0.3 is 9.47 Å². The molecule has 1 N–H and O–H groups in total. The molecule has 0 aliphatic carbocycles. The Bertz CT molecular complexity index is 689. The van der Waals surface area contributed by atoms with Crippen molar-refractivity contribution in [3.05, 3.63) is 53.1 Å². The summed E-state index contributed by atoms with van der Waals surface area (Å²) in [5, 5.41) is 4.91. The van der Waals surface area contributed by atoms with E-state index in [1.54, 1.807) is 6.21 Å². The predicted octanol–water partition coefficient (Wildman–Crippen LogP) is 5.75. The summed E-state index contributed by atoms with van der Waals surface area (Å²) in [6.07, 6.45) is 5.14. The van der Waals surface area contributed by atoms with E-state index in [4.69, 9.17) is 21.1 Å². The van der Waals surface area contributed by atoms with Crippen LogP contribution in [-0.4, -0.2) is 19.4 Å². The normalized spacial score (nSPS) is 10.8. The number of unbranched alkanes of at least 4 members (excludes halogenated alkanes) is 2. The summed E-state index contributed by atoms with van der Waals surface area (Å²) in [6, 6.07) is 13.2. The van der Waals surface area contributed by atoms with Crippen molar-refractivity contribution in [3.63, 3.8) is 0 Å². The highest BCUT2D eigenvalue weighted by Gasteiger charge is 2.06. The molecule has 2 rings (SSSR count). The van der Waals surface area contributed by atoms with Crippen molar-refractivity contribution >= 4 is 23.5 Å². The third-order valence-corrected chi connectivity index (χ3v) is 3.74. The van der Waals surface area contributed by atoms with Gasteiger partial charge in [-0.1, -0.05) is 37.4 Å². The van der Waals surface area contributed by atoms with Crippen molar-refractivity contribution in [1.82, 2.24) is 0 Å². The van der Waals surface area contributed by atoms with Gasteiger partial charge in [0.2, 0.25) is 0 Å². The van der Waals surface area contributed by atoms with Gasteiger partial charge in [-0.25, -0.2) is 0 Å². The van der Waals surface area contributed by atoms with Gasteiger partial charge in [0.25, 0.3) is 0 Å². The van der Waals surface area contributed by atoms with Crippen LogP contribution >= 0.6 is 11.6 Å². The topological polar surface area (TPSA) is 42.8 Å². The third-order valence-electron chi connectivity index (χ3n) is 3.50. The number of halogens is 1. The molecule has 25 heavy (non-hydrogen) atoms. The van der Waals surface area contributed by atoms with Crippen molar-refractivity contribution in [1.29, 1.82) is 0 Å². The number of anilines is 1. The number of hydrogen-bond donors (Lipinski definition) is 1. The second-order valence-corrected chi connectivity index (χ2v) is 6.01. The minimum Gasteiger partial charge on any atom is -0.490 e. The SMILES string of the molecule is CCCCCOc1ccc(C=NNc2cccc(Cl)c2)cc1OCC. The molecule has 0 unspecified atom stereocenters. The second kappa shape index (κ2) is 10.6. The molecular formula is C20H25ClN2O2. The molecule has 0 amide bonds. The summed E-state index contributed by atoms with van der Waals surface area (Å²) in [7, 11) is 0. The lowest BCUT2D eigenvalue weighted by atomic mass is 10.2. The van der Waals surface area contributed by atoms with Crippen LogP contribution in [0.5, 0.6) is 11.5 Å². The maximum Gasteiger partial charge on any atom is 0.161 e. The van der Waals surface area contributed by atoms with E-state index in [0.717, 1.165) is 29.2 Å². The van der Waals surface area contributed by atoms with Crippen LogP contribution in [0.25, 0.3) is 0 Å². The van der Waals surface area contributed by atoms with Gasteiger partial charge >= 0.3 is 0 Å². The molecule has 2 aromatic rings. The van der Waals surface area contributed by atoms with Crippen LogP contribution in [0.3, 0.4) is 0 Å². The Kier molecular flexibility index (Phi) is 8.13. The van der Waals surface area contributed by atoms with Crippen LogP contribution in [0.2, 0.25) is 5.02 Å². The van der Waals surface area contributed by atoms with E-state index in [1.807, 2.05) is 49.4 Å². The van der Waals surface area contributed by atoms with E-state index < -0.39 is 0 Å². The Labute approximate surface area is 154 Å². The first-order chi connectivity index (χ1) is 12.2. The van der Waals surface area contributed by atoms with Gasteiger partial charge in [-0.3, -0.25) is 5.43 Å². The fourth-order valence-electron chi connectivity index (χ4n) is 2.27. The highest BCUT2D eigenvalue weighted by atomic mass is 35.5. The summed E-state index contributed by atoms with van der Waals surface area (Å²) >= 11 is 5.95. The fraction of sp³-hybridized carbons (Fsp3) is 0.350. The second-order valence-electron chi connectivity index (χ2n) is 5.58. The number of nitrogens with one attached hydrogen (secondary N) is 1. The van der Waals surface area contributed by atoms with Crippen LogP contribution < -0.4 is 14.9 Å². The number of nitrogens with zero attached hydrogens (tertiary/aromatic N) is 1. The van der Waals surface area contributed by atoms with Crippen molar-refractivity contribution < 1.29 is 9.47 Å². The Morgan fingerprint density at radius 2 is 1.92 bits per heavy atom. The molecule has 0 saturated carbocycles. The lowest BCUT2D eigenvalue weighted by molar-refractivity contribution is 0.271. The summed E-state index contributed by atoms with van der Waals surface area (Å²) in [4.78, 5) is 0. The number of hydrazone groups is 1. The van der Waals surface area contributed by atoms with Crippen LogP contribution in [0, 0.1) is 0 Å². The molecule has 4 nitrogen and oxygen atoms in total. The van der Waals surface area contributed by atoms with Crippen molar-refractivity contribution in [3.8, 4) is 11.5 Å². The zero-order chi connectivity index (χ0) is 17.9. The van der Waals surface area contributed by atoms with Crippen LogP contribution in [0.4, 0.5) is 5.69 Å². The summed E-state index contributed by atoms with van der Waals surface area (Å²) in [5.74, 6) is 1.52. The minimum atomic E-state index is 0.590. The van der Waals surface area contributed by atoms with E-state index in [2.05, 4.69) is 17.5 Å². The van der Waals surface area contributed by atoms with Gasteiger partial charge in [0, 0.05) is 5.02 Å². The Morgan fingerprint density at radius 1 is 1.04 bits per heavy atom. The Morgan fingerprint density at radius 3 is 2.68 bits per heavy atom. The van der Waals surface area contributed by atoms with E-state index in [0.29, 0.717) is 18.2 Å². The largest absolute Gasteiger partial charge is 0.490 e. The zero-order valence-corrected chi connectivity index (χ0v) is 15.6. The maximum atomic E-state index is 5.95. The molecule has 0 bridgehead atoms. The molecule has 2 aromatic carbocycles. The quantitative estimate of drug-likeness (QED) is 0.333. The first-order valence-electron chi connectivity index (χ1n) is 8.67. The average Bonchev–Trinajstić information content (AvgIpc) is 2.60. The smallest absolute Gasteiger partial charge is 0.161 e. The Hall–Kier alpha value is -2.20. The molecule has 0 aliphatic heterocycles. The van der Waals surface area contributed by atoms with E-state index in [-0.39, 0.29) is 0 Å². The van der Waals surface area contributed by atoms with Gasteiger partial charge in [0.05, 0.1) is 25.1 Å². The van der Waals surface area contributed by atoms with Gasteiger partial charge in [-0.2, -0.15) is 5.10 Å². The molecule has 0 aliphatic rings. The molecule has 0 heterocycles. The van der Waals surface area contributed by atoms with Crippen LogP contribution in [-0.2, 0) is 0 Å². The highest BCUT2D eigenvalue weighted by molar-refractivity contribution is 6.30. The first kappa shape index (κ1) is 19.1. The molecular weight excluding hydrogens is 336 g/mol. The summed E-state index contributed by atoms with van der Waals surface area (Å²) in [5.41, 5.74) is 4.73.